The van der Waals surface area contributed by atoms with Gasteiger partial charge in [0.2, 0.25) is 0 Å². The van der Waals surface area contributed by atoms with Gasteiger partial charge in [-0.05, 0) is 136 Å². The minimum atomic E-state index is -1.35. The molecule has 368 valence electrons. The van der Waals surface area contributed by atoms with Crippen LogP contribution in [0.3, 0.4) is 0 Å². The maximum atomic E-state index is 12.9. The summed E-state index contributed by atoms with van der Waals surface area (Å²) in [6, 6.07) is -2.18. The van der Waals surface area contributed by atoms with Gasteiger partial charge in [0.25, 0.3) is 23.6 Å². The van der Waals surface area contributed by atoms with Crippen molar-refractivity contribution in [3.63, 3.8) is 0 Å². The second-order valence-corrected chi connectivity index (χ2v) is 19.2. The summed E-state index contributed by atoms with van der Waals surface area (Å²) in [5.41, 5.74) is 1.80. The Bertz CT molecular complexity index is 1840. The molecule has 65 heavy (non-hydrogen) atoms. The summed E-state index contributed by atoms with van der Waals surface area (Å²) in [5.74, 6) is -4.98. The van der Waals surface area contributed by atoms with Crippen LogP contribution in [0.2, 0.25) is 0 Å². The first kappa shape index (κ1) is 63.8. The molecule has 24 nitrogen and oxygen atoms in total. The molecule has 0 saturated heterocycles. The Hall–Kier alpha value is -1.16. The smallest absolute Gasteiger partial charge is 0.314 e. The first-order valence-corrected chi connectivity index (χ1v) is 24.6. The zero-order chi connectivity index (χ0) is 50.5. The fourth-order valence-electron chi connectivity index (χ4n) is 4.68. The second kappa shape index (κ2) is 32.6. The third kappa shape index (κ3) is 19.6. The molecule has 2 aromatic rings. The van der Waals surface area contributed by atoms with E-state index in [1.54, 1.807) is 14.1 Å². The molecule has 30 heteroatoms. The van der Waals surface area contributed by atoms with Crippen molar-refractivity contribution in [2.24, 2.45) is 0 Å². The van der Waals surface area contributed by atoms with Crippen molar-refractivity contribution < 1.29 is 90.0 Å². The highest BCUT2D eigenvalue weighted by Crippen LogP contribution is 2.37. The molecule has 0 spiro atoms. The van der Waals surface area contributed by atoms with Crippen LogP contribution >= 0.6 is 136 Å². The highest BCUT2D eigenvalue weighted by atomic mass is 127. The Morgan fingerprint density at radius 3 is 0.923 bits per heavy atom. The molecule has 4 amide bonds. The van der Waals surface area contributed by atoms with Crippen molar-refractivity contribution in [1.82, 2.24) is 21.3 Å². The van der Waals surface area contributed by atoms with Crippen LogP contribution in [-0.2, 0) is 9.59 Å². The number of carbonyl (C=O) groups is 6. The van der Waals surface area contributed by atoms with E-state index in [1.807, 2.05) is 136 Å². The molecule has 18 N–H and O–H groups in total. The minimum absolute atomic E-state index is 0.160. The molecule has 2 rings (SSSR count). The molecule has 0 fully saturated rings. The molecule has 0 aliphatic carbocycles. The number of benzene rings is 2. The van der Waals surface area contributed by atoms with Gasteiger partial charge in [-0.25, -0.2) is 0 Å². The van der Waals surface area contributed by atoms with E-state index in [-0.39, 0.29) is 35.3 Å². The Morgan fingerprint density at radius 1 is 0.446 bits per heavy atom. The van der Waals surface area contributed by atoms with E-state index >= 15 is 0 Å². The number of aliphatic carboxylic acids is 2. The second-order valence-electron chi connectivity index (χ2n) is 12.7. The maximum Gasteiger partial charge on any atom is 0.314 e. The number of aliphatic hydroxyl groups excluding tert-OH is 10. The van der Waals surface area contributed by atoms with E-state index in [4.69, 9.17) is 30.6 Å². The Kier molecular flexibility index (Phi) is 32.0. The number of anilines is 2. The SMILES string of the molecule is CNc1c(I)c(C(=O)NCC(O)CO)c(I)c(C(=O)NC(CO)C(O)CO)c1I.CNc1c(I)c(C(=O)NCC(O)CO)c(I)c(C(=O)NC(CO)C(O)CO)c1I.O=C(O)CC(=O)O. The quantitative estimate of drug-likeness (QED) is 0.0435. The predicted molar refractivity (Wildman–Crippen MR) is 282 cm³/mol. The van der Waals surface area contributed by atoms with Gasteiger partial charge < -0.3 is 93.2 Å². The Labute approximate surface area is 452 Å². The summed E-state index contributed by atoms with van der Waals surface area (Å²) in [5, 5.41) is 124. The first-order chi connectivity index (χ1) is 30.4. The molecule has 0 bridgehead atoms. The van der Waals surface area contributed by atoms with E-state index < -0.39 is 118 Å². The van der Waals surface area contributed by atoms with Gasteiger partial charge in [0, 0.05) is 34.3 Å². The molecule has 0 heterocycles. The number of hydrogen-bond donors (Lipinski definition) is 18. The molecule has 6 atom stereocenters. The standard InChI is InChI=1S/2C16H22I3N3O7.C3H4O4/c2*1-20-14-12(18)9(15(28)21-2-6(26)3-23)11(17)10(13(14)19)16(29)22-7(4-24)8(27)5-25;4-2(5)1-3(6)7/h2*6-8,20,23-27H,2-5H2,1H3,(H,21,28)(H,22,29);1H2,(H,4,5)(H,6,7). The lowest BCUT2D eigenvalue weighted by molar-refractivity contribution is -0.147. The Balaban J connectivity index is 0.00000110. The van der Waals surface area contributed by atoms with Gasteiger partial charge in [-0.15, -0.1) is 0 Å². The normalized spacial score (nSPS) is 13.4. The average molecular weight is 1600 g/mol. The van der Waals surface area contributed by atoms with Crippen LogP contribution < -0.4 is 31.9 Å². The molecule has 6 unspecified atom stereocenters. The fourth-order valence-corrected chi connectivity index (χ4v) is 14.1. The summed E-state index contributed by atoms with van der Waals surface area (Å²) < 4.78 is 2.83. The van der Waals surface area contributed by atoms with Crippen molar-refractivity contribution in [2.45, 2.75) is 42.9 Å². The summed E-state index contributed by atoms with van der Waals surface area (Å²) in [6.07, 6.45) is -5.74. The molecule has 0 aromatic heterocycles. The molecule has 0 radical (unpaired) electrons. The number of carboxylic acid groups (broad SMARTS) is 2. The van der Waals surface area contributed by atoms with Crippen molar-refractivity contribution >= 4 is 182 Å². The number of rotatable bonds is 22. The number of amides is 4. The van der Waals surface area contributed by atoms with Crippen LogP contribution in [0.4, 0.5) is 11.4 Å². The van der Waals surface area contributed by atoms with Gasteiger partial charge in [0.05, 0.1) is 124 Å². The zero-order valence-electron chi connectivity index (χ0n) is 33.9. The van der Waals surface area contributed by atoms with E-state index in [2.05, 4.69) is 31.9 Å². The summed E-state index contributed by atoms with van der Waals surface area (Å²) in [7, 11) is 3.27. The van der Waals surface area contributed by atoms with Gasteiger partial charge in [0.1, 0.15) is 6.42 Å². The number of carboxylic acids is 2. The Morgan fingerprint density at radius 2 is 0.723 bits per heavy atom. The van der Waals surface area contributed by atoms with Crippen LogP contribution in [-0.4, -0.2) is 200 Å². The summed E-state index contributed by atoms with van der Waals surface area (Å²) in [6.45, 7) is -3.81. The summed E-state index contributed by atoms with van der Waals surface area (Å²) >= 11 is 11.6. The van der Waals surface area contributed by atoms with Gasteiger partial charge in [0.15, 0.2) is 0 Å². The number of halogens is 6. The zero-order valence-corrected chi connectivity index (χ0v) is 46.9. The summed E-state index contributed by atoms with van der Waals surface area (Å²) in [4.78, 5) is 70.0. The van der Waals surface area contributed by atoms with Gasteiger partial charge in [-0.3, -0.25) is 28.8 Å². The number of hydrogen-bond acceptors (Lipinski definition) is 18. The van der Waals surface area contributed by atoms with Crippen molar-refractivity contribution in [2.75, 3.05) is 77.5 Å². The topological polar surface area (TPSA) is 417 Å². The molecule has 2 aromatic carbocycles. The largest absolute Gasteiger partial charge is 0.481 e. The molecule has 0 saturated carbocycles. The monoisotopic (exact) mass is 1600 g/mol. The lowest BCUT2D eigenvalue weighted by atomic mass is 10.1. The fraction of sp³-hybridized carbons (Fsp3) is 0.486. The van der Waals surface area contributed by atoms with Crippen molar-refractivity contribution in [3.8, 4) is 0 Å². The van der Waals surface area contributed by atoms with Crippen molar-refractivity contribution in [1.29, 1.82) is 0 Å². The van der Waals surface area contributed by atoms with Gasteiger partial charge in [-0.2, -0.15) is 0 Å². The minimum Gasteiger partial charge on any atom is -0.481 e. The number of nitrogens with one attached hydrogen (secondary N) is 6. The van der Waals surface area contributed by atoms with Crippen molar-refractivity contribution in [3.05, 3.63) is 43.7 Å². The van der Waals surface area contributed by atoms with Gasteiger partial charge in [-0.1, -0.05) is 0 Å². The average Bonchev–Trinajstić information content (AvgIpc) is 3.25. The van der Waals surface area contributed by atoms with Crippen LogP contribution in [0.25, 0.3) is 0 Å². The van der Waals surface area contributed by atoms with E-state index in [1.165, 1.54) is 0 Å². The highest BCUT2D eigenvalue weighted by Gasteiger charge is 2.31. The number of aliphatic hydroxyl groups is 10. The van der Waals surface area contributed by atoms with Crippen LogP contribution in [0, 0.1) is 21.4 Å². The molecular weight excluding hydrogens is 1550 g/mol. The van der Waals surface area contributed by atoms with E-state index in [0.717, 1.165) is 0 Å². The third-order valence-electron chi connectivity index (χ3n) is 8.09. The maximum absolute atomic E-state index is 12.9. The predicted octanol–water partition coefficient (Wildman–Crippen LogP) is -2.32. The highest BCUT2D eigenvalue weighted by molar-refractivity contribution is 14.1. The number of carbonyl (C=O) groups excluding carboxylic acids is 4. The first-order valence-electron chi connectivity index (χ1n) is 18.2. The van der Waals surface area contributed by atoms with E-state index in [9.17, 15) is 59.4 Å². The van der Waals surface area contributed by atoms with E-state index in [0.29, 0.717) is 32.8 Å². The molecular formula is C35H48I6N6O18. The van der Waals surface area contributed by atoms with Crippen LogP contribution in [0.5, 0.6) is 0 Å². The van der Waals surface area contributed by atoms with Crippen LogP contribution in [0.15, 0.2) is 0 Å². The lowest BCUT2D eigenvalue weighted by Crippen LogP contribution is -2.47. The third-order valence-corrected chi connectivity index (χ3v) is 14.6. The van der Waals surface area contributed by atoms with Gasteiger partial charge >= 0.3 is 11.9 Å². The lowest BCUT2D eigenvalue weighted by Gasteiger charge is -2.23. The molecule has 0 aliphatic heterocycles. The molecule has 0 aliphatic rings. The van der Waals surface area contributed by atoms with Crippen LogP contribution in [0.1, 0.15) is 47.9 Å².